The zero-order chi connectivity index (χ0) is 13.5. The second-order valence-corrected chi connectivity index (χ2v) is 4.92. The number of hydrogen-bond donors (Lipinski definition) is 2. The van der Waals surface area contributed by atoms with E-state index < -0.39 is 0 Å². The van der Waals surface area contributed by atoms with E-state index in [-0.39, 0.29) is 12.0 Å². The van der Waals surface area contributed by atoms with E-state index in [0.29, 0.717) is 23.9 Å². The zero-order valence-electron chi connectivity index (χ0n) is 10.7. The van der Waals surface area contributed by atoms with Crippen LogP contribution in [0.4, 0.5) is 5.82 Å². The smallest absolute Gasteiger partial charge is 0.227 e. The van der Waals surface area contributed by atoms with E-state index in [4.69, 9.17) is 16.3 Å². The summed E-state index contributed by atoms with van der Waals surface area (Å²) in [5.41, 5.74) is 0. The van der Waals surface area contributed by atoms with E-state index in [1.807, 2.05) is 0 Å². The molecule has 0 aliphatic carbocycles. The summed E-state index contributed by atoms with van der Waals surface area (Å²) in [6, 6.07) is 3.36. The maximum Gasteiger partial charge on any atom is 0.227 e. The first-order valence-electron chi connectivity index (χ1n) is 6.48. The maximum atomic E-state index is 11.7. The van der Waals surface area contributed by atoms with Gasteiger partial charge in [-0.1, -0.05) is 11.6 Å². The fourth-order valence-corrected chi connectivity index (χ4v) is 2.05. The summed E-state index contributed by atoms with van der Waals surface area (Å²) in [6.07, 6.45) is 4.15. The molecule has 1 fully saturated rings. The lowest BCUT2D eigenvalue weighted by atomic mass is 10.1. The van der Waals surface area contributed by atoms with Crippen LogP contribution in [-0.4, -0.2) is 36.7 Å². The van der Waals surface area contributed by atoms with Crippen molar-refractivity contribution >= 4 is 23.3 Å². The fourth-order valence-electron chi connectivity index (χ4n) is 1.94. The minimum atomic E-state index is -0.0937. The molecule has 1 aromatic heterocycles. The summed E-state index contributed by atoms with van der Waals surface area (Å²) in [7, 11) is 0. The third kappa shape index (κ3) is 5.14. The molecule has 0 saturated carbocycles. The van der Waals surface area contributed by atoms with Gasteiger partial charge in [-0.3, -0.25) is 4.79 Å². The molecule has 0 atom stereocenters. The van der Waals surface area contributed by atoms with Crippen LogP contribution in [0.15, 0.2) is 18.3 Å². The Hall–Kier alpha value is -1.17. The number of halogens is 1. The standard InChI is InChI=1S/C13H18ClN3O2/c14-10-1-2-12(16-9-10)17-13(18)5-8-19-11-3-6-15-7-4-11/h1-2,9,11,15H,3-8H2,(H,16,17,18). The van der Waals surface area contributed by atoms with Gasteiger partial charge in [0.1, 0.15) is 5.82 Å². The lowest BCUT2D eigenvalue weighted by molar-refractivity contribution is -0.117. The van der Waals surface area contributed by atoms with Gasteiger partial charge in [-0.15, -0.1) is 0 Å². The number of rotatable bonds is 5. The summed E-state index contributed by atoms with van der Waals surface area (Å²) >= 11 is 5.72. The fraction of sp³-hybridized carbons (Fsp3) is 0.538. The minimum Gasteiger partial charge on any atom is -0.378 e. The Balaban J connectivity index is 1.65. The summed E-state index contributed by atoms with van der Waals surface area (Å²) in [5.74, 6) is 0.417. The van der Waals surface area contributed by atoms with Crippen molar-refractivity contribution in [2.75, 3.05) is 25.0 Å². The highest BCUT2D eigenvalue weighted by atomic mass is 35.5. The topological polar surface area (TPSA) is 63.2 Å². The number of aromatic nitrogens is 1. The van der Waals surface area contributed by atoms with Crippen molar-refractivity contribution in [1.82, 2.24) is 10.3 Å². The van der Waals surface area contributed by atoms with Gasteiger partial charge in [0.05, 0.1) is 24.2 Å². The number of pyridine rings is 1. The third-order valence-corrected chi connectivity index (χ3v) is 3.19. The summed E-state index contributed by atoms with van der Waals surface area (Å²) in [5, 5.41) is 6.53. The van der Waals surface area contributed by atoms with Crippen molar-refractivity contribution in [3.8, 4) is 0 Å². The Labute approximate surface area is 117 Å². The molecule has 19 heavy (non-hydrogen) atoms. The molecule has 2 heterocycles. The van der Waals surface area contributed by atoms with Crippen molar-refractivity contribution in [2.45, 2.75) is 25.4 Å². The number of nitrogens with one attached hydrogen (secondary N) is 2. The SMILES string of the molecule is O=C(CCOC1CCNCC1)Nc1ccc(Cl)cn1. The van der Waals surface area contributed by atoms with Crippen LogP contribution < -0.4 is 10.6 Å². The molecule has 1 aliphatic heterocycles. The first-order valence-corrected chi connectivity index (χ1v) is 6.85. The van der Waals surface area contributed by atoms with Gasteiger partial charge in [0.15, 0.2) is 0 Å². The molecule has 0 radical (unpaired) electrons. The van der Waals surface area contributed by atoms with Crippen LogP contribution in [0.25, 0.3) is 0 Å². The largest absolute Gasteiger partial charge is 0.378 e. The van der Waals surface area contributed by atoms with Gasteiger partial charge in [0, 0.05) is 6.20 Å². The van der Waals surface area contributed by atoms with Crippen molar-refractivity contribution in [3.05, 3.63) is 23.4 Å². The highest BCUT2D eigenvalue weighted by molar-refractivity contribution is 6.30. The lowest BCUT2D eigenvalue weighted by Crippen LogP contribution is -2.33. The molecule has 1 saturated heterocycles. The Bertz CT molecular complexity index is 405. The summed E-state index contributed by atoms with van der Waals surface area (Å²) in [6.45, 7) is 2.43. The number of piperidine rings is 1. The molecule has 1 aromatic rings. The van der Waals surface area contributed by atoms with Crippen LogP contribution >= 0.6 is 11.6 Å². The highest BCUT2D eigenvalue weighted by Crippen LogP contribution is 2.10. The number of ether oxygens (including phenoxy) is 1. The van der Waals surface area contributed by atoms with E-state index in [1.165, 1.54) is 6.20 Å². The number of nitrogens with zero attached hydrogens (tertiary/aromatic N) is 1. The Morgan fingerprint density at radius 2 is 2.26 bits per heavy atom. The van der Waals surface area contributed by atoms with E-state index in [1.54, 1.807) is 12.1 Å². The van der Waals surface area contributed by atoms with Crippen molar-refractivity contribution in [3.63, 3.8) is 0 Å². The molecule has 0 unspecified atom stereocenters. The van der Waals surface area contributed by atoms with Gasteiger partial charge in [0.2, 0.25) is 5.91 Å². The van der Waals surface area contributed by atoms with Gasteiger partial charge < -0.3 is 15.4 Å². The van der Waals surface area contributed by atoms with Crippen LogP contribution in [0.3, 0.4) is 0 Å². The molecule has 6 heteroatoms. The van der Waals surface area contributed by atoms with Gasteiger partial charge in [-0.2, -0.15) is 0 Å². The monoisotopic (exact) mass is 283 g/mol. The van der Waals surface area contributed by atoms with Gasteiger partial charge >= 0.3 is 0 Å². The van der Waals surface area contributed by atoms with Crippen molar-refractivity contribution in [2.24, 2.45) is 0 Å². The van der Waals surface area contributed by atoms with E-state index in [0.717, 1.165) is 25.9 Å². The number of amides is 1. The highest BCUT2D eigenvalue weighted by Gasteiger charge is 2.13. The van der Waals surface area contributed by atoms with Gasteiger partial charge in [-0.05, 0) is 38.1 Å². The molecule has 0 spiro atoms. The molecule has 5 nitrogen and oxygen atoms in total. The van der Waals surface area contributed by atoms with E-state index >= 15 is 0 Å². The molecule has 0 bridgehead atoms. The third-order valence-electron chi connectivity index (χ3n) is 2.96. The molecule has 1 amide bonds. The Kier molecular flexibility index (Phi) is 5.57. The second-order valence-electron chi connectivity index (χ2n) is 4.48. The second kappa shape index (κ2) is 7.43. The quantitative estimate of drug-likeness (QED) is 0.865. The van der Waals surface area contributed by atoms with Crippen molar-refractivity contribution in [1.29, 1.82) is 0 Å². The first kappa shape index (κ1) is 14.2. The van der Waals surface area contributed by atoms with Crippen LogP contribution in [0.2, 0.25) is 5.02 Å². The molecule has 0 aromatic carbocycles. The molecular weight excluding hydrogens is 266 g/mol. The zero-order valence-corrected chi connectivity index (χ0v) is 11.4. The van der Waals surface area contributed by atoms with Crippen molar-refractivity contribution < 1.29 is 9.53 Å². The average Bonchev–Trinajstić information content (AvgIpc) is 2.43. The minimum absolute atomic E-state index is 0.0937. The van der Waals surface area contributed by atoms with Gasteiger partial charge in [0.25, 0.3) is 0 Å². The number of anilines is 1. The average molecular weight is 284 g/mol. The summed E-state index contributed by atoms with van der Waals surface area (Å²) in [4.78, 5) is 15.7. The molecule has 1 aliphatic rings. The summed E-state index contributed by atoms with van der Waals surface area (Å²) < 4.78 is 5.67. The number of carbonyl (C=O) groups is 1. The number of carbonyl (C=O) groups excluding carboxylic acids is 1. The molecule has 2 rings (SSSR count). The Morgan fingerprint density at radius 1 is 1.47 bits per heavy atom. The predicted octanol–water partition coefficient (Wildman–Crippen LogP) is 1.83. The molecular formula is C13H18ClN3O2. The van der Waals surface area contributed by atoms with Gasteiger partial charge in [-0.25, -0.2) is 4.98 Å². The maximum absolute atomic E-state index is 11.7. The number of hydrogen-bond acceptors (Lipinski definition) is 4. The van der Waals surface area contributed by atoms with Crippen LogP contribution in [0.5, 0.6) is 0 Å². The lowest BCUT2D eigenvalue weighted by Gasteiger charge is -2.22. The molecule has 104 valence electrons. The van der Waals surface area contributed by atoms with E-state index in [9.17, 15) is 4.79 Å². The van der Waals surface area contributed by atoms with E-state index in [2.05, 4.69) is 15.6 Å². The Morgan fingerprint density at radius 3 is 2.95 bits per heavy atom. The predicted molar refractivity (Wildman–Crippen MR) is 74.3 cm³/mol. The normalized spacial score (nSPS) is 16.3. The van der Waals surface area contributed by atoms with Crippen LogP contribution in [-0.2, 0) is 9.53 Å². The van der Waals surface area contributed by atoms with Crippen LogP contribution in [0.1, 0.15) is 19.3 Å². The molecule has 2 N–H and O–H groups in total. The first-order chi connectivity index (χ1) is 9.24. The van der Waals surface area contributed by atoms with Crippen LogP contribution in [0, 0.1) is 0 Å².